The van der Waals surface area contributed by atoms with Crippen LogP contribution in [0.25, 0.3) is 10.2 Å². The number of hydrogen-bond donors (Lipinski definition) is 1. The van der Waals surface area contributed by atoms with Gasteiger partial charge in [0.05, 0.1) is 21.7 Å². The summed E-state index contributed by atoms with van der Waals surface area (Å²) in [6.45, 7) is 0.397. The van der Waals surface area contributed by atoms with Crippen molar-refractivity contribution in [2.45, 2.75) is 6.42 Å². The Morgan fingerprint density at radius 3 is 2.90 bits per heavy atom. The minimum atomic E-state index is -2.89. The van der Waals surface area contributed by atoms with Gasteiger partial charge < -0.3 is 5.32 Å². The van der Waals surface area contributed by atoms with Gasteiger partial charge in [0.1, 0.15) is 0 Å². The Balaban J connectivity index is 1.65. The average molecular weight is 310 g/mol. The van der Waals surface area contributed by atoms with Crippen molar-refractivity contribution in [1.29, 1.82) is 0 Å². The van der Waals surface area contributed by atoms with Crippen LogP contribution in [0.4, 0.5) is 0 Å². The summed E-state index contributed by atoms with van der Waals surface area (Å²) in [6.07, 6.45) is 0.627. The highest BCUT2D eigenvalue weighted by molar-refractivity contribution is 7.91. The summed E-state index contributed by atoms with van der Waals surface area (Å²) in [5.74, 6) is 0.204. The number of benzene rings is 1. The van der Waals surface area contributed by atoms with Crippen molar-refractivity contribution in [3.05, 3.63) is 29.3 Å². The summed E-state index contributed by atoms with van der Waals surface area (Å²) in [5, 5.41) is 3.21. The highest BCUT2D eigenvalue weighted by Crippen LogP contribution is 2.22. The van der Waals surface area contributed by atoms with E-state index in [9.17, 15) is 13.2 Å². The van der Waals surface area contributed by atoms with Crippen LogP contribution < -0.4 is 5.32 Å². The van der Waals surface area contributed by atoms with E-state index in [4.69, 9.17) is 0 Å². The maximum Gasteiger partial charge on any atom is 0.280 e. The minimum absolute atomic E-state index is 0.0262. The molecule has 2 aromatic rings. The lowest BCUT2D eigenvalue weighted by molar-refractivity contribution is 0.0948. The van der Waals surface area contributed by atoms with Gasteiger partial charge in [-0.1, -0.05) is 12.1 Å². The molecule has 0 spiro atoms. The zero-order valence-electron chi connectivity index (χ0n) is 10.7. The van der Waals surface area contributed by atoms with Crippen molar-refractivity contribution in [2.75, 3.05) is 18.1 Å². The SMILES string of the molecule is O=C(NC[C@@H]1CCS(=O)(=O)C1)c1nc2ccccc2s1. The van der Waals surface area contributed by atoms with E-state index < -0.39 is 9.84 Å². The molecule has 20 heavy (non-hydrogen) atoms. The topological polar surface area (TPSA) is 76.1 Å². The third-order valence-corrected chi connectivity index (χ3v) is 6.24. The highest BCUT2D eigenvalue weighted by atomic mass is 32.2. The molecule has 1 atom stereocenters. The fourth-order valence-electron chi connectivity index (χ4n) is 2.31. The molecule has 2 heterocycles. The molecule has 0 aliphatic carbocycles. The zero-order valence-corrected chi connectivity index (χ0v) is 12.3. The number of amides is 1. The molecule has 7 heteroatoms. The third kappa shape index (κ3) is 2.83. The highest BCUT2D eigenvalue weighted by Gasteiger charge is 2.28. The first-order chi connectivity index (χ1) is 9.53. The van der Waals surface area contributed by atoms with Crippen molar-refractivity contribution >= 4 is 37.3 Å². The van der Waals surface area contributed by atoms with Gasteiger partial charge in [-0.05, 0) is 24.5 Å². The standard InChI is InChI=1S/C13H14N2O3S2/c16-12(14-7-9-5-6-20(17,18)8-9)13-15-10-3-1-2-4-11(10)19-13/h1-4,9H,5-8H2,(H,14,16)/t9-/m0/s1. The number of nitrogens with zero attached hydrogens (tertiary/aromatic N) is 1. The quantitative estimate of drug-likeness (QED) is 0.931. The Morgan fingerprint density at radius 2 is 2.20 bits per heavy atom. The molecule has 1 saturated heterocycles. The summed E-state index contributed by atoms with van der Waals surface area (Å²) >= 11 is 1.35. The molecule has 0 radical (unpaired) electrons. The Bertz CT molecular complexity index is 719. The molecule has 1 N–H and O–H groups in total. The Hall–Kier alpha value is -1.47. The predicted molar refractivity (Wildman–Crippen MR) is 78.7 cm³/mol. The van der Waals surface area contributed by atoms with Gasteiger partial charge in [0.25, 0.3) is 5.91 Å². The van der Waals surface area contributed by atoms with E-state index >= 15 is 0 Å². The second-order valence-corrected chi connectivity index (χ2v) is 8.23. The monoisotopic (exact) mass is 310 g/mol. The number of carbonyl (C=O) groups excluding carboxylic acids is 1. The number of aromatic nitrogens is 1. The Labute approximate surface area is 120 Å². The normalized spacial score (nSPS) is 21.1. The largest absolute Gasteiger partial charge is 0.350 e. The molecule has 106 valence electrons. The summed E-state index contributed by atoms with van der Waals surface area (Å²) < 4.78 is 23.7. The number of rotatable bonds is 3. The van der Waals surface area contributed by atoms with Gasteiger partial charge in [0.2, 0.25) is 0 Å². The van der Waals surface area contributed by atoms with Gasteiger partial charge in [-0.2, -0.15) is 0 Å². The second kappa shape index (κ2) is 5.14. The van der Waals surface area contributed by atoms with Gasteiger partial charge in [0, 0.05) is 6.54 Å². The van der Waals surface area contributed by atoms with E-state index in [2.05, 4.69) is 10.3 Å². The number of thiazole rings is 1. The van der Waals surface area contributed by atoms with Gasteiger partial charge in [-0.3, -0.25) is 4.79 Å². The number of sulfone groups is 1. The third-order valence-electron chi connectivity index (χ3n) is 3.37. The van der Waals surface area contributed by atoms with Crippen molar-refractivity contribution in [1.82, 2.24) is 10.3 Å². The minimum Gasteiger partial charge on any atom is -0.350 e. The first kappa shape index (κ1) is 13.5. The van der Waals surface area contributed by atoms with Gasteiger partial charge in [-0.15, -0.1) is 11.3 Å². The first-order valence-electron chi connectivity index (χ1n) is 6.38. The molecule has 3 rings (SSSR count). The first-order valence-corrected chi connectivity index (χ1v) is 9.01. The van der Waals surface area contributed by atoms with Crippen LogP contribution in [0.1, 0.15) is 16.2 Å². The molecule has 1 amide bonds. The van der Waals surface area contributed by atoms with E-state index in [1.807, 2.05) is 24.3 Å². The number of fused-ring (bicyclic) bond motifs is 1. The lowest BCUT2D eigenvalue weighted by Gasteiger charge is -2.07. The van der Waals surface area contributed by atoms with E-state index in [1.165, 1.54) is 11.3 Å². The van der Waals surface area contributed by atoms with Crippen LogP contribution in [0.3, 0.4) is 0 Å². The van der Waals surface area contributed by atoms with Crippen LogP contribution in [0.2, 0.25) is 0 Å². The summed E-state index contributed by atoms with van der Waals surface area (Å²) in [5.41, 5.74) is 0.811. The predicted octanol–water partition coefficient (Wildman–Crippen LogP) is 1.46. The molecule has 1 aromatic heterocycles. The van der Waals surface area contributed by atoms with Crippen LogP contribution in [0.5, 0.6) is 0 Å². The van der Waals surface area contributed by atoms with E-state index in [0.29, 0.717) is 18.0 Å². The van der Waals surface area contributed by atoms with Gasteiger partial charge in [-0.25, -0.2) is 13.4 Å². The molecule has 5 nitrogen and oxygen atoms in total. The molecule has 1 aliphatic heterocycles. The number of para-hydroxylation sites is 1. The van der Waals surface area contributed by atoms with Crippen molar-refractivity contribution < 1.29 is 13.2 Å². The van der Waals surface area contributed by atoms with Crippen molar-refractivity contribution in [3.63, 3.8) is 0 Å². The summed E-state index contributed by atoms with van der Waals surface area (Å²) in [7, 11) is -2.89. The fourth-order valence-corrected chi connectivity index (χ4v) is 5.06. The lowest BCUT2D eigenvalue weighted by Crippen LogP contribution is -2.29. The smallest absolute Gasteiger partial charge is 0.280 e. The average Bonchev–Trinajstić information content (AvgIpc) is 2.99. The lowest BCUT2D eigenvalue weighted by atomic mass is 10.1. The zero-order chi connectivity index (χ0) is 14.2. The second-order valence-electron chi connectivity index (χ2n) is 4.97. The summed E-state index contributed by atoms with van der Waals surface area (Å²) in [6, 6.07) is 7.58. The summed E-state index contributed by atoms with van der Waals surface area (Å²) in [4.78, 5) is 16.3. The fraction of sp³-hybridized carbons (Fsp3) is 0.385. The van der Waals surface area contributed by atoms with Crippen molar-refractivity contribution in [3.8, 4) is 0 Å². The molecule has 0 bridgehead atoms. The van der Waals surface area contributed by atoms with Crippen LogP contribution in [-0.2, 0) is 9.84 Å². The Kier molecular flexibility index (Phi) is 3.47. The number of nitrogens with one attached hydrogen (secondary N) is 1. The van der Waals surface area contributed by atoms with E-state index in [-0.39, 0.29) is 23.3 Å². The van der Waals surface area contributed by atoms with Gasteiger partial charge >= 0.3 is 0 Å². The van der Waals surface area contributed by atoms with E-state index in [0.717, 1.165) is 10.2 Å². The van der Waals surface area contributed by atoms with Crippen LogP contribution in [0, 0.1) is 5.92 Å². The van der Waals surface area contributed by atoms with E-state index in [1.54, 1.807) is 0 Å². The molecule has 1 fully saturated rings. The number of carbonyl (C=O) groups is 1. The molecule has 0 unspecified atom stereocenters. The number of hydrogen-bond acceptors (Lipinski definition) is 5. The Morgan fingerprint density at radius 1 is 1.40 bits per heavy atom. The molecule has 1 aromatic carbocycles. The maximum atomic E-state index is 12.0. The van der Waals surface area contributed by atoms with Gasteiger partial charge in [0.15, 0.2) is 14.8 Å². The van der Waals surface area contributed by atoms with Crippen LogP contribution in [-0.4, -0.2) is 37.4 Å². The van der Waals surface area contributed by atoms with Crippen molar-refractivity contribution in [2.24, 2.45) is 5.92 Å². The molecule has 1 aliphatic rings. The van der Waals surface area contributed by atoms with Crippen LogP contribution >= 0.6 is 11.3 Å². The molecular formula is C13H14N2O3S2. The molecular weight excluding hydrogens is 296 g/mol. The van der Waals surface area contributed by atoms with Crippen LogP contribution in [0.15, 0.2) is 24.3 Å². The maximum absolute atomic E-state index is 12.0. The molecule has 0 saturated carbocycles.